The molecule has 0 atom stereocenters. The Morgan fingerprint density at radius 1 is 1.27 bits per heavy atom. The Labute approximate surface area is 142 Å². The molecule has 2 aromatic rings. The van der Waals surface area contributed by atoms with Gasteiger partial charge < -0.3 is 9.64 Å². The van der Waals surface area contributed by atoms with Crippen molar-refractivity contribution < 1.29 is 9.53 Å². The first kappa shape index (κ1) is 16.9. The van der Waals surface area contributed by atoms with Crippen LogP contribution in [0.1, 0.15) is 5.56 Å². The molecule has 22 heavy (non-hydrogen) atoms. The minimum absolute atomic E-state index is 0.196. The van der Waals surface area contributed by atoms with E-state index in [0.29, 0.717) is 21.0 Å². The SMILES string of the molecule is CN(C)C(=O)Oc1ccnc(SCc2c(Cl)cccc2Cl)n1. The molecular formula is C14H13Cl2N3O2S. The highest BCUT2D eigenvalue weighted by Crippen LogP contribution is 2.30. The molecule has 0 spiro atoms. The van der Waals surface area contributed by atoms with Crippen molar-refractivity contribution >= 4 is 41.1 Å². The number of ether oxygens (including phenoxy) is 1. The van der Waals surface area contributed by atoms with Crippen LogP contribution < -0.4 is 4.74 Å². The molecule has 0 fully saturated rings. The number of carbonyl (C=O) groups excluding carboxylic acids is 1. The number of carbonyl (C=O) groups is 1. The standard InChI is InChI=1S/C14H13Cl2N3O2S/c1-19(2)14(20)21-12-6-7-17-13(18-12)22-8-9-10(15)4-3-5-11(9)16/h3-7H,8H2,1-2H3. The second kappa shape index (κ2) is 7.67. The largest absolute Gasteiger partial charge is 0.416 e. The van der Waals surface area contributed by atoms with Gasteiger partial charge in [0.2, 0.25) is 5.88 Å². The second-order valence-corrected chi connectivity index (χ2v) is 6.19. The van der Waals surface area contributed by atoms with Crippen molar-refractivity contribution in [2.45, 2.75) is 10.9 Å². The quantitative estimate of drug-likeness (QED) is 0.607. The van der Waals surface area contributed by atoms with Gasteiger partial charge in [-0.25, -0.2) is 9.78 Å². The molecule has 116 valence electrons. The summed E-state index contributed by atoms with van der Waals surface area (Å²) < 4.78 is 5.09. The predicted octanol–water partition coefficient (Wildman–Crippen LogP) is 4.14. The van der Waals surface area contributed by atoms with Gasteiger partial charge in [0, 0.05) is 42.2 Å². The van der Waals surface area contributed by atoms with Crippen molar-refractivity contribution in [3.8, 4) is 5.88 Å². The van der Waals surface area contributed by atoms with E-state index in [1.807, 2.05) is 0 Å². The Balaban J connectivity index is 2.06. The molecule has 1 aromatic heterocycles. The highest BCUT2D eigenvalue weighted by Gasteiger charge is 2.11. The molecule has 1 heterocycles. The van der Waals surface area contributed by atoms with E-state index in [-0.39, 0.29) is 5.88 Å². The maximum absolute atomic E-state index is 11.5. The Hall–Kier alpha value is -1.50. The topological polar surface area (TPSA) is 55.3 Å². The van der Waals surface area contributed by atoms with Gasteiger partial charge in [0.1, 0.15) is 0 Å². The molecule has 8 heteroatoms. The molecule has 0 saturated heterocycles. The van der Waals surface area contributed by atoms with Gasteiger partial charge in [-0.15, -0.1) is 0 Å². The smallest absolute Gasteiger partial charge is 0.391 e. The lowest BCUT2D eigenvalue weighted by Gasteiger charge is -2.10. The zero-order valence-electron chi connectivity index (χ0n) is 11.9. The van der Waals surface area contributed by atoms with E-state index in [9.17, 15) is 4.79 Å². The maximum Gasteiger partial charge on any atom is 0.416 e. The number of hydrogen-bond donors (Lipinski definition) is 0. The number of hydrogen-bond acceptors (Lipinski definition) is 5. The first-order valence-corrected chi connectivity index (χ1v) is 7.99. The van der Waals surface area contributed by atoms with E-state index in [2.05, 4.69) is 9.97 Å². The molecule has 0 aliphatic carbocycles. The zero-order valence-corrected chi connectivity index (χ0v) is 14.2. The van der Waals surface area contributed by atoms with Gasteiger partial charge in [0.15, 0.2) is 5.16 Å². The van der Waals surface area contributed by atoms with Gasteiger partial charge in [-0.05, 0) is 17.7 Å². The van der Waals surface area contributed by atoms with Crippen LogP contribution in [0.15, 0.2) is 35.6 Å². The van der Waals surface area contributed by atoms with Crippen LogP contribution in [0.25, 0.3) is 0 Å². The lowest BCUT2D eigenvalue weighted by atomic mass is 10.2. The van der Waals surface area contributed by atoms with Crippen LogP contribution in [0.2, 0.25) is 10.0 Å². The van der Waals surface area contributed by atoms with Gasteiger partial charge in [-0.1, -0.05) is 41.0 Å². The second-order valence-electron chi connectivity index (χ2n) is 4.43. The molecule has 0 saturated carbocycles. The Morgan fingerprint density at radius 2 is 1.95 bits per heavy atom. The van der Waals surface area contributed by atoms with Crippen molar-refractivity contribution in [1.82, 2.24) is 14.9 Å². The summed E-state index contributed by atoms with van der Waals surface area (Å²) in [5.74, 6) is 0.713. The van der Waals surface area contributed by atoms with Crippen molar-refractivity contribution in [1.29, 1.82) is 0 Å². The minimum Gasteiger partial charge on any atom is -0.391 e. The van der Waals surface area contributed by atoms with E-state index in [0.717, 1.165) is 5.56 Å². The third-order valence-corrected chi connectivity index (χ3v) is 4.17. The molecule has 0 unspecified atom stereocenters. The van der Waals surface area contributed by atoms with Crippen molar-refractivity contribution in [3.05, 3.63) is 46.1 Å². The van der Waals surface area contributed by atoms with Gasteiger partial charge in [0.05, 0.1) is 0 Å². The summed E-state index contributed by atoms with van der Waals surface area (Å²) in [6, 6.07) is 6.86. The molecule has 2 rings (SSSR count). The van der Waals surface area contributed by atoms with E-state index in [1.54, 1.807) is 32.3 Å². The van der Waals surface area contributed by atoms with Crippen molar-refractivity contribution in [3.63, 3.8) is 0 Å². The van der Waals surface area contributed by atoms with Crippen molar-refractivity contribution in [2.75, 3.05) is 14.1 Å². The highest BCUT2D eigenvalue weighted by atomic mass is 35.5. The maximum atomic E-state index is 11.5. The van der Waals surface area contributed by atoms with Gasteiger partial charge in [-0.2, -0.15) is 4.98 Å². The highest BCUT2D eigenvalue weighted by molar-refractivity contribution is 7.98. The molecule has 0 N–H and O–H groups in total. The number of thioether (sulfide) groups is 1. The van der Waals surface area contributed by atoms with Crippen LogP contribution in [0.3, 0.4) is 0 Å². The molecule has 5 nitrogen and oxygen atoms in total. The van der Waals surface area contributed by atoms with E-state index >= 15 is 0 Å². The van der Waals surface area contributed by atoms with E-state index < -0.39 is 6.09 Å². The third-order valence-electron chi connectivity index (χ3n) is 2.57. The number of nitrogens with zero attached hydrogens (tertiary/aromatic N) is 3. The average Bonchev–Trinajstić information content (AvgIpc) is 2.47. The van der Waals surface area contributed by atoms with Crippen LogP contribution in [-0.2, 0) is 5.75 Å². The van der Waals surface area contributed by atoms with Crippen LogP contribution in [0.4, 0.5) is 4.79 Å². The van der Waals surface area contributed by atoms with E-state index in [4.69, 9.17) is 27.9 Å². The zero-order chi connectivity index (χ0) is 16.1. The number of halogens is 2. The summed E-state index contributed by atoms with van der Waals surface area (Å²) in [6.45, 7) is 0. The molecule has 0 radical (unpaired) electrons. The predicted molar refractivity (Wildman–Crippen MR) is 87.8 cm³/mol. The average molecular weight is 358 g/mol. The van der Waals surface area contributed by atoms with E-state index in [1.165, 1.54) is 28.9 Å². The molecule has 0 aliphatic heterocycles. The Kier molecular flexibility index (Phi) is 5.88. The van der Waals surface area contributed by atoms with Crippen LogP contribution in [-0.4, -0.2) is 35.1 Å². The molecule has 1 aromatic carbocycles. The van der Waals surface area contributed by atoms with Crippen LogP contribution in [0, 0.1) is 0 Å². The number of amides is 1. The molecular weight excluding hydrogens is 345 g/mol. The summed E-state index contributed by atoms with van der Waals surface area (Å²) in [5, 5.41) is 1.66. The Morgan fingerprint density at radius 3 is 2.59 bits per heavy atom. The normalized spacial score (nSPS) is 10.4. The summed E-state index contributed by atoms with van der Waals surface area (Å²) in [5.41, 5.74) is 0.815. The summed E-state index contributed by atoms with van der Waals surface area (Å²) in [7, 11) is 3.19. The lowest BCUT2D eigenvalue weighted by molar-refractivity contribution is 0.169. The monoisotopic (exact) mass is 357 g/mol. The first-order chi connectivity index (χ1) is 10.5. The lowest BCUT2D eigenvalue weighted by Crippen LogP contribution is -2.25. The number of rotatable bonds is 4. The van der Waals surface area contributed by atoms with Gasteiger partial charge >= 0.3 is 6.09 Å². The van der Waals surface area contributed by atoms with Crippen LogP contribution >= 0.6 is 35.0 Å². The summed E-state index contributed by atoms with van der Waals surface area (Å²) in [6.07, 6.45) is 1.03. The fourth-order valence-corrected chi connectivity index (χ4v) is 3.00. The van der Waals surface area contributed by atoms with Crippen molar-refractivity contribution in [2.24, 2.45) is 0 Å². The summed E-state index contributed by atoms with van der Waals surface area (Å²) >= 11 is 13.6. The van der Waals surface area contributed by atoms with Gasteiger partial charge in [0.25, 0.3) is 0 Å². The molecule has 1 amide bonds. The van der Waals surface area contributed by atoms with Crippen LogP contribution in [0.5, 0.6) is 5.88 Å². The fraction of sp³-hybridized carbons (Fsp3) is 0.214. The molecule has 0 aliphatic rings. The Bertz CT molecular complexity index is 663. The molecule has 0 bridgehead atoms. The summed E-state index contributed by atoms with van der Waals surface area (Å²) in [4.78, 5) is 21.1. The van der Waals surface area contributed by atoms with Gasteiger partial charge in [-0.3, -0.25) is 0 Å². The third kappa shape index (κ3) is 4.50. The number of aromatic nitrogens is 2. The first-order valence-electron chi connectivity index (χ1n) is 6.25. The number of benzene rings is 1. The fourth-order valence-electron chi connectivity index (χ4n) is 1.44. The minimum atomic E-state index is -0.496.